The Morgan fingerprint density at radius 1 is 1.29 bits per heavy atom. The average molecular weight is 407 g/mol. The first-order valence-corrected chi connectivity index (χ1v) is 11.1. The Hall–Kier alpha value is -1.97. The summed E-state index contributed by atoms with van der Waals surface area (Å²) in [5, 5.41) is 2.62. The predicted octanol–water partition coefficient (Wildman–Crippen LogP) is 0.448. The third-order valence-corrected chi connectivity index (χ3v) is 7.29. The fraction of sp³-hybridized carbons (Fsp3) is 0.579. The number of nitrogens with one attached hydrogen (secondary N) is 1. The first kappa shape index (κ1) is 19.4. The zero-order valence-corrected chi connectivity index (χ0v) is 16.5. The number of benzene rings is 1. The van der Waals surface area contributed by atoms with E-state index in [1.54, 1.807) is 12.1 Å². The van der Waals surface area contributed by atoms with Crippen LogP contribution in [0, 0.1) is 5.92 Å². The van der Waals surface area contributed by atoms with Crippen molar-refractivity contribution >= 4 is 21.8 Å². The van der Waals surface area contributed by atoms with Gasteiger partial charge in [0.05, 0.1) is 18.0 Å². The monoisotopic (exact) mass is 407 g/mol. The van der Waals surface area contributed by atoms with Crippen LogP contribution in [-0.4, -0.2) is 74.9 Å². The lowest BCUT2D eigenvalue weighted by atomic mass is 10.1. The summed E-state index contributed by atoms with van der Waals surface area (Å²) in [6.07, 6.45) is 2.92. The Bertz CT molecular complexity index is 862. The van der Waals surface area contributed by atoms with E-state index in [0.29, 0.717) is 24.6 Å². The first-order chi connectivity index (χ1) is 13.4. The summed E-state index contributed by atoms with van der Waals surface area (Å²) in [6.45, 7) is 2.36. The number of amides is 2. The summed E-state index contributed by atoms with van der Waals surface area (Å²) >= 11 is 0. The number of sulfonamides is 1. The smallest absolute Gasteiger partial charge is 0.254 e. The lowest BCUT2D eigenvalue weighted by molar-refractivity contribution is -0.122. The fourth-order valence-electron chi connectivity index (χ4n) is 3.71. The van der Waals surface area contributed by atoms with Crippen molar-refractivity contribution in [2.24, 2.45) is 5.92 Å². The molecule has 1 aromatic rings. The van der Waals surface area contributed by atoms with Gasteiger partial charge in [0, 0.05) is 43.8 Å². The molecular formula is C19H25N3O5S. The van der Waals surface area contributed by atoms with Gasteiger partial charge in [-0.1, -0.05) is 6.07 Å². The highest BCUT2D eigenvalue weighted by molar-refractivity contribution is 7.89. The maximum absolute atomic E-state index is 13.1. The van der Waals surface area contributed by atoms with Crippen molar-refractivity contribution in [2.45, 2.75) is 30.2 Å². The lowest BCUT2D eigenvalue weighted by Gasteiger charge is -2.27. The Kier molecular flexibility index (Phi) is 5.39. The molecule has 1 aromatic carbocycles. The molecule has 28 heavy (non-hydrogen) atoms. The Balaban J connectivity index is 1.55. The van der Waals surface area contributed by atoms with E-state index in [4.69, 9.17) is 4.74 Å². The van der Waals surface area contributed by atoms with Gasteiger partial charge in [-0.3, -0.25) is 9.59 Å². The van der Waals surface area contributed by atoms with E-state index in [-0.39, 0.29) is 42.4 Å². The van der Waals surface area contributed by atoms with Gasteiger partial charge in [0.15, 0.2) is 0 Å². The molecule has 3 fully saturated rings. The van der Waals surface area contributed by atoms with Crippen molar-refractivity contribution in [2.75, 3.05) is 39.4 Å². The van der Waals surface area contributed by atoms with Crippen molar-refractivity contribution in [3.8, 4) is 0 Å². The minimum absolute atomic E-state index is 0.0491. The Morgan fingerprint density at radius 3 is 2.79 bits per heavy atom. The Labute approximate surface area is 164 Å². The molecule has 152 valence electrons. The number of hydrogen-bond acceptors (Lipinski definition) is 5. The second-order valence-corrected chi connectivity index (χ2v) is 9.57. The number of ether oxygens (including phenoxy) is 1. The average Bonchev–Trinajstić information content (AvgIpc) is 3.41. The van der Waals surface area contributed by atoms with Crippen LogP contribution in [0.4, 0.5) is 0 Å². The van der Waals surface area contributed by atoms with Gasteiger partial charge in [0.25, 0.3) is 5.91 Å². The van der Waals surface area contributed by atoms with E-state index in [1.807, 2.05) is 4.90 Å². The largest absolute Gasteiger partial charge is 0.381 e. The summed E-state index contributed by atoms with van der Waals surface area (Å²) < 4.78 is 32.4. The van der Waals surface area contributed by atoms with Gasteiger partial charge >= 0.3 is 0 Å². The van der Waals surface area contributed by atoms with E-state index in [2.05, 4.69) is 5.32 Å². The van der Waals surface area contributed by atoms with Crippen LogP contribution in [0.15, 0.2) is 29.2 Å². The van der Waals surface area contributed by atoms with Crippen LogP contribution in [0.3, 0.4) is 0 Å². The molecule has 9 heteroatoms. The number of rotatable bonds is 6. The van der Waals surface area contributed by atoms with Crippen LogP contribution in [0.2, 0.25) is 0 Å². The van der Waals surface area contributed by atoms with Gasteiger partial charge in [-0.25, -0.2) is 8.42 Å². The van der Waals surface area contributed by atoms with Gasteiger partial charge in [-0.15, -0.1) is 0 Å². The maximum atomic E-state index is 13.1. The summed E-state index contributed by atoms with van der Waals surface area (Å²) in [7, 11) is -3.82. The molecule has 2 heterocycles. The Morgan fingerprint density at radius 2 is 2.11 bits per heavy atom. The second kappa shape index (κ2) is 7.81. The second-order valence-electron chi connectivity index (χ2n) is 7.63. The van der Waals surface area contributed by atoms with E-state index in [1.165, 1.54) is 12.1 Å². The van der Waals surface area contributed by atoms with E-state index >= 15 is 0 Å². The standard InChI is InChI=1S/C19H25N3O5S/c23-18-12-21(8-7-20-18)28(25,26)17-3-1-2-15(10-17)19(24)22(16-4-5-16)11-14-6-9-27-13-14/h1-3,10,14,16H,4-9,11-13H2,(H,20,23)/t14-/m1/s1. The SMILES string of the molecule is O=C1CN(S(=O)(=O)c2cccc(C(=O)N(C[C@H]3CCOC3)C3CC3)c2)CCN1. The van der Waals surface area contributed by atoms with Crippen LogP contribution in [0.1, 0.15) is 29.6 Å². The minimum atomic E-state index is -3.82. The molecule has 2 amide bonds. The topological polar surface area (TPSA) is 96.0 Å². The molecule has 3 aliphatic rings. The molecule has 0 bridgehead atoms. The van der Waals surface area contributed by atoms with Crippen molar-refractivity contribution < 1.29 is 22.7 Å². The van der Waals surface area contributed by atoms with Crippen LogP contribution < -0.4 is 5.32 Å². The molecule has 2 aliphatic heterocycles. The molecule has 2 saturated heterocycles. The molecule has 8 nitrogen and oxygen atoms in total. The third-order valence-electron chi connectivity index (χ3n) is 5.45. The van der Waals surface area contributed by atoms with Crippen LogP contribution in [0.25, 0.3) is 0 Å². The highest BCUT2D eigenvalue weighted by Gasteiger charge is 2.36. The summed E-state index contributed by atoms with van der Waals surface area (Å²) in [6, 6.07) is 6.40. The molecule has 0 spiro atoms. The van der Waals surface area contributed by atoms with Crippen molar-refractivity contribution in [1.82, 2.24) is 14.5 Å². The molecule has 4 rings (SSSR count). The molecular weight excluding hydrogens is 382 g/mol. The summed E-state index contributed by atoms with van der Waals surface area (Å²) in [5.41, 5.74) is 0.369. The van der Waals surface area contributed by atoms with E-state index in [9.17, 15) is 18.0 Å². The summed E-state index contributed by atoms with van der Waals surface area (Å²) in [4.78, 5) is 26.6. The van der Waals surface area contributed by atoms with Gasteiger partial charge in [-0.05, 0) is 37.5 Å². The van der Waals surface area contributed by atoms with Crippen LogP contribution in [0.5, 0.6) is 0 Å². The van der Waals surface area contributed by atoms with Gasteiger partial charge in [0.2, 0.25) is 15.9 Å². The normalized spacial score (nSPS) is 23.4. The molecule has 1 N–H and O–H groups in total. The quantitative estimate of drug-likeness (QED) is 0.739. The highest BCUT2D eigenvalue weighted by atomic mass is 32.2. The van der Waals surface area contributed by atoms with E-state index in [0.717, 1.165) is 30.2 Å². The molecule has 1 saturated carbocycles. The number of nitrogens with zero attached hydrogens (tertiary/aromatic N) is 2. The van der Waals surface area contributed by atoms with Crippen LogP contribution in [-0.2, 0) is 19.6 Å². The van der Waals surface area contributed by atoms with Crippen molar-refractivity contribution in [1.29, 1.82) is 0 Å². The van der Waals surface area contributed by atoms with Gasteiger partial charge < -0.3 is 15.0 Å². The number of hydrogen-bond donors (Lipinski definition) is 1. The fourth-order valence-corrected chi connectivity index (χ4v) is 5.16. The predicted molar refractivity (Wildman–Crippen MR) is 101 cm³/mol. The highest BCUT2D eigenvalue weighted by Crippen LogP contribution is 2.31. The number of carbonyl (C=O) groups excluding carboxylic acids is 2. The number of piperazine rings is 1. The first-order valence-electron chi connectivity index (χ1n) is 9.71. The van der Waals surface area contributed by atoms with Crippen molar-refractivity contribution in [3.05, 3.63) is 29.8 Å². The number of carbonyl (C=O) groups is 2. The lowest BCUT2D eigenvalue weighted by Crippen LogP contribution is -2.49. The van der Waals surface area contributed by atoms with Gasteiger partial charge in [-0.2, -0.15) is 4.31 Å². The molecule has 1 aliphatic carbocycles. The van der Waals surface area contributed by atoms with Crippen LogP contribution >= 0.6 is 0 Å². The summed E-state index contributed by atoms with van der Waals surface area (Å²) in [5.74, 6) is -0.119. The molecule has 0 aromatic heterocycles. The minimum Gasteiger partial charge on any atom is -0.381 e. The molecule has 0 radical (unpaired) electrons. The maximum Gasteiger partial charge on any atom is 0.254 e. The van der Waals surface area contributed by atoms with Crippen molar-refractivity contribution in [3.63, 3.8) is 0 Å². The van der Waals surface area contributed by atoms with Gasteiger partial charge in [0.1, 0.15) is 0 Å². The zero-order chi connectivity index (χ0) is 19.7. The molecule has 0 unspecified atom stereocenters. The zero-order valence-electron chi connectivity index (χ0n) is 15.7. The third kappa shape index (κ3) is 4.06. The molecule has 1 atom stereocenters. The van der Waals surface area contributed by atoms with E-state index < -0.39 is 10.0 Å².